The summed E-state index contributed by atoms with van der Waals surface area (Å²) in [5.41, 5.74) is 0. The molecule has 0 heterocycles. The van der Waals surface area contributed by atoms with E-state index in [1.54, 1.807) is 0 Å². The third-order valence-electron chi connectivity index (χ3n) is 6.85. The largest absolute Gasteiger partial charge is 2.00 e. The van der Waals surface area contributed by atoms with Crippen molar-refractivity contribution in [3.8, 4) is 0 Å². The Morgan fingerprint density at radius 3 is 0.766 bits per heavy atom. The van der Waals surface area contributed by atoms with Gasteiger partial charge in [-0.05, 0) is 55.8 Å². The summed E-state index contributed by atoms with van der Waals surface area (Å²) in [4.78, 5) is 0. The summed E-state index contributed by atoms with van der Waals surface area (Å²) in [6.45, 7) is 14.9. The molecule has 0 saturated carbocycles. The van der Waals surface area contributed by atoms with Gasteiger partial charge in [-0.1, -0.05) is 171 Å². The summed E-state index contributed by atoms with van der Waals surface area (Å²) < 4.78 is 0. The molecule has 0 amide bonds. The minimum Gasteiger partial charge on any atom is -0.343 e. The molecule has 0 radical (unpaired) electrons. The van der Waals surface area contributed by atoms with Gasteiger partial charge in [-0.2, -0.15) is 25.7 Å². The van der Waals surface area contributed by atoms with Crippen molar-refractivity contribution in [1.29, 1.82) is 0 Å². The molecule has 0 unspecified atom stereocenters. The maximum Gasteiger partial charge on any atom is 2.00 e. The second kappa shape index (κ2) is 31.8. The number of hydrogen-bond donors (Lipinski definition) is 0. The Balaban J connectivity index is 0.000000983. The molecule has 0 fully saturated rings. The van der Waals surface area contributed by atoms with Crippen LogP contribution in [0, 0.1) is 27.7 Å². The van der Waals surface area contributed by atoms with Crippen LogP contribution in [0.15, 0.2) is 146 Å². The Morgan fingerprint density at radius 2 is 0.574 bits per heavy atom. The zero-order chi connectivity index (χ0) is 32.2. The van der Waals surface area contributed by atoms with Gasteiger partial charge in [0.25, 0.3) is 0 Å². The maximum absolute atomic E-state index is 3.72. The van der Waals surface area contributed by atoms with Gasteiger partial charge < -0.3 is 27.7 Å². The summed E-state index contributed by atoms with van der Waals surface area (Å²) in [6.07, 6.45) is 20.9. The van der Waals surface area contributed by atoms with Crippen LogP contribution in [0.5, 0.6) is 0 Å². The van der Waals surface area contributed by atoms with Crippen molar-refractivity contribution in [1.82, 2.24) is 0 Å². The molecule has 4 heteroatoms. The molecule has 256 valence electrons. The van der Waals surface area contributed by atoms with Gasteiger partial charge in [0, 0.05) is 0 Å². The van der Waals surface area contributed by atoms with Gasteiger partial charge in [0.15, 0.2) is 0 Å². The predicted molar refractivity (Wildman–Crippen MR) is 209 cm³/mol. The number of unbranched alkanes of at least 4 members (excludes halogenated alkanes) is 4. The van der Waals surface area contributed by atoms with Gasteiger partial charge >= 0.3 is 42.1 Å². The molecule has 0 aromatic heterocycles. The summed E-state index contributed by atoms with van der Waals surface area (Å²) in [5, 5.41) is 5.94. The Bertz CT molecular complexity index is 1070. The maximum atomic E-state index is 3.72. The first-order valence-corrected chi connectivity index (χ1v) is 19.5. The van der Waals surface area contributed by atoms with Gasteiger partial charge in [-0.15, -0.1) is 0 Å². The SMILES string of the molecule is [CH2-]CC/C=C\CC[CH2-].[CH2-]CC/C=C\CC[CH2-].[Pt+2].[Pt+2].c1ccc(P(CCCP(c2ccccc2)c2ccccc2)c2ccccc2)cc1. The zero-order valence-electron chi connectivity index (χ0n) is 28.0. The predicted octanol–water partition coefficient (Wildman–Crippen LogP) is 11.2. The van der Waals surface area contributed by atoms with Crippen LogP contribution in [0.2, 0.25) is 0 Å². The Labute approximate surface area is 320 Å². The average Bonchev–Trinajstić information content (AvgIpc) is 3.11. The number of rotatable bonds is 16. The van der Waals surface area contributed by atoms with Crippen molar-refractivity contribution in [2.45, 2.75) is 57.8 Å². The first-order valence-electron chi connectivity index (χ1n) is 16.5. The van der Waals surface area contributed by atoms with Crippen molar-refractivity contribution >= 4 is 37.1 Å². The van der Waals surface area contributed by atoms with E-state index in [0.29, 0.717) is 0 Å². The van der Waals surface area contributed by atoms with Crippen molar-refractivity contribution in [2.24, 2.45) is 0 Å². The molecule has 4 rings (SSSR count). The van der Waals surface area contributed by atoms with E-state index in [1.165, 1.54) is 40.0 Å². The molecule has 0 nitrogen and oxygen atoms in total. The van der Waals surface area contributed by atoms with E-state index in [9.17, 15) is 0 Å². The molecule has 0 bridgehead atoms. The van der Waals surface area contributed by atoms with Gasteiger partial charge in [-0.25, -0.2) is 0 Å². The van der Waals surface area contributed by atoms with E-state index in [-0.39, 0.29) is 58.0 Å². The van der Waals surface area contributed by atoms with Crippen molar-refractivity contribution in [3.05, 3.63) is 173 Å². The standard InChI is InChI=1S/C27H26P2.2C8H14.2Pt/c1-5-14-24(15-6-1)28(25-16-7-2-8-17-25)22-13-23-29(26-18-9-3-10-19-26)27-20-11-4-12-21-27;2*1-3-5-7-8-6-4-2;;/h1-12,14-21H,13,22-23H2;2*7-8H,1-6H2;;/q;2*-2;2*+2/b;2*8-7-;;. The minimum atomic E-state index is -0.309. The molecule has 0 aliphatic carbocycles. The van der Waals surface area contributed by atoms with Crippen LogP contribution in [0.3, 0.4) is 0 Å². The van der Waals surface area contributed by atoms with Gasteiger partial charge in [0.05, 0.1) is 0 Å². The molecule has 0 N–H and O–H groups in total. The third kappa shape index (κ3) is 20.7. The first-order chi connectivity index (χ1) is 22.2. The third-order valence-corrected chi connectivity index (χ3v) is 12.1. The van der Waals surface area contributed by atoms with Crippen molar-refractivity contribution in [2.75, 3.05) is 12.3 Å². The van der Waals surface area contributed by atoms with Crippen LogP contribution >= 0.6 is 15.8 Å². The van der Waals surface area contributed by atoms with Crippen LogP contribution in [-0.2, 0) is 42.1 Å². The van der Waals surface area contributed by atoms with Gasteiger partial charge in [-0.3, -0.25) is 0 Å². The van der Waals surface area contributed by atoms with E-state index in [1.807, 2.05) is 0 Å². The molecular weight excluding hydrogens is 969 g/mol. The van der Waals surface area contributed by atoms with Gasteiger partial charge in [0.2, 0.25) is 0 Å². The number of hydrogen-bond acceptors (Lipinski definition) is 0. The first kappa shape index (κ1) is 45.6. The molecular formula is C43H54P2Pt2. The van der Waals surface area contributed by atoms with E-state index < -0.39 is 0 Å². The number of benzene rings is 4. The molecule has 0 spiro atoms. The van der Waals surface area contributed by atoms with Crippen LogP contribution in [-0.4, -0.2) is 12.3 Å². The fourth-order valence-electron chi connectivity index (χ4n) is 4.58. The Morgan fingerprint density at radius 1 is 0.362 bits per heavy atom. The quantitative estimate of drug-likeness (QED) is 0.0596. The second-order valence-electron chi connectivity index (χ2n) is 10.5. The van der Waals surface area contributed by atoms with E-state index >= 15 is 0 Å². The molecule has 0 atom stereocenters. The average molecular weight is 1020 g/mol. The second-order valence-corrected chi connectivity index (χ2v) is 15.2. The zero-order valence-corrected chi connectivity index (χ0v) is 34.3. The number of allylic oxidation sites excluding steroid dienone is 4. The summed E-state index contributed by atoms with van der Waals surface area (Å²) in [7, 11) is -0.618. The Hall–Kier alpha value is -1.40. The molecule has 0 aliphatic rings. The summed E-state index contributed by atoms with van der Waals surface area (Å²) in [5.74, 6) is 0. The van der Waals surface area contributed by atoms with Crippen LogP contribution < -0.4 is 21.2 Å². The molecule has 0 saturated heterocycles. The molecule has 0 aliphatic heterocycles. The molecule has 4 aromatic rings. The van der Waals surface area contributed by atoms with Crippen LogP contribution in [0.1, 0.15) is 57.8 Å². The molecule has 4 aromatic carbocycles. The van der Waals surface area contributed by atoms with Crippen LogP contribution in [0.25, 0.3) is 0 Å². The van der Waals surface area contributed by atoms with E-state index in [2.05, 4.69) is 173 Å². The van der Waals surface area contributed by atoms with Crippen molar-refractivity contribution < 1.29 is 42.1 Å². The van der Waals surface area contributed by atoms with E-state index in [0.717, 1.165) is 51.4 Å². The van der Waals surface area contributed by atoms with Gasteiger partial charge in [0.1, 0.15) is 0 Å². The van der Waals surface area contributed by atoms with E-state index in [4.69, 9.17) is 0 Å². The molecule has 47 heavy (non-hydrogen) atoms. The Kier molecular flexibility index (Phi) is 30.9. The summed E-state index contributed by atoms with van der Waals surface area (Å²) in [6, 6.07) is 44.3. The summed E-state index contributed by atoms with van der Waals surface area (Å²) >= 11 is 0. The fourth-order valence-corrected chi connectivity index (χ4v) is 9.53. The normalized spacial score (nSPS) is 10.5. The van der Waals surface area contributed by atoms with Crippen LogP contribution in [0.4, 0.5) is 0 Å². The monoisotopic (exact) mass is 1020 g/mol. The topological polar surface area (TPSA) is 0 Å². The van der Waals surface area contributed by atoms with Crippen molar-refractivity contribution in [3.63, 3.8) is 0 Å². The smallest absolute Gasteiger partial charge is 0.343 e. The fraction of sp³-hybridized carbons (Fsp3) is 0.256. The minimum absolute atomic E-state index is 0.